The van der Waals surface area contributed by atoms with E-state index in [0.717, 1.165) is 16.6 Å². The lowest BCUT2D eigenvalue weighted by atomic mass is 9.91. The first kappa shape index (κ1) is 18.7. The summed E-state index contributed by atoms with van der Waals surface area (Å²) in [5.74, 6) is -1.18. The second kappa shape index (κ2) is 8.61. The summed E-state index contributed by atoms with van der Waals surface area (Å²) in [7, 11) is 0. The molecule has 3 aromatic carbocycles. The molecule has 0 aliphatic carbocycles. The van der Waals surface area contributed by atoms with Gasteiger partial charge < -0.3 is 9.15 Å². The van der Waals surface area contributed by atoms with E-state index in [1.807, 2.05) is 78.9 Å². The van der Waals surface area contributed by atoms with Crippen molar-refractivity contribution in [1.82, 2.24) is 4.57 Å². The van der Waals surface area contributed by atoms with E-state index in [0.29, 0.717) is 18.5 Å². The number of para-hydroxylation sites is 2. The van der Waals surface area contributed by atoms with Crippen LogP contribution in [-0.4, -0.2) is 17.1 Å². The van der Waals surface area contributed by atoms with E-state index in [9.17, 15) is 9.59 Å². The minimum absolute atomic E-state index is 0.223. The molecule has 29 heavy (non-hydrogen) atoms. The highest BCUT2D eigenvalue weighted by Gasteiger charge is 2.24. The van der Waals surface area contributed by atoms with Gasteiger partial charge in [0.15, 0.2) is 5.58 Å². The van der Waals surface area contributed by atoms with Crippen LogP contribution in [0.1, 0.15) is 23.5 Å². The molecule has 0 N–H and O–H groups in total. The van der Waals surface area contributed by atoms with E-state index < -0.39 is 11.7 Å². The van der Waals surface area contributed by atoms with Crippen molar-refractivity contribution in [2.45, 2.75) is 18.9 Å². The fourth-order valence-corrected chi connectivity index (χ4v) is 3.46. The lowest BCUT2D eigenvalue weighted by Crippen LogP contribution is -2.20. The van der Waals surface area contributed by atoms with E-state index in [-0.39, 0.29) is 12.6 Å². The zero-order chi connectivity index (χ0) is 20.1. The van der Waals surface area contributed by atoms with Gasteiger partial charge in [-0.15, -0.1) is 0 Å². The van der Waals surface area contributed by atoms with Crippen molar-refractivity contribution >= 4 is 17.1 Å². The molecule has 0 atom stereocenters. The Bertz CT molecular complexity index is 1110. The van der Waals surface area contributed by atoms with Gasteiger partial charge >= 0.3 is 11.7 Å². The van der Waals surface area contributed by atoms with Crippen LogP contribution in [0.4, 0.5) is 0 Å². The van der Waals surface area contributed by atoms with E-state index in [4.69, 9.17) is 9.15 Å². The van der Waals surface area contributed by atoms with Crippen molar-refractivity contribution in [3.8, 4) is 0 Å². The Balaban J connectivity index is 1.43. The number of oxazole rings is 1. The van der Waals surface area contributed by atoms with Crippen LogP contribution < -0.4 is 5.76 Å². The molecule has 146 valence electrons. The molecule has 0 aliphatic heterocycles. The highest BCUT2D eigenvalue weighted by atomic mass is 16.5. The maximum atomic E-state index is 12.9. The first-order valence-corrected chi connectivity index (χ1v) is 9.59. The number of rotatable bonds is 7. The molecular formula is C24H21NO4. The summed E-state index contributed by atoms with van der Waals surface area (Å²) in [6.45, 7) is 0.644. The summed E-state index contributed by atoms with van der Waals surface area (Å²) in [6, 6.07) is 26.5. The molecule has 0 spiro atoms. The van der Waals surface area contributed by atoms with Crippen molar-refractivity contribution in [3.05, 3.63) is 107 Å². The number of carbonyl (C=O) groups is 1. The Morgan fingerprint density at radius 3 is 2.10 bits per heavy atom. The molecule has 0 bridgehead atoms. The Morgan fingerprint density at radius 1 is 0.862 bits per heavy atom. The fraction of sp³-hybridized carbons (Fsp3) is 0.167. The number of esters is 1. The molecule has 0 unspecified atom stereocenters. The zero-order valence-electron chi connectivity index (χ0n) is 15.9. The average molecular weight is 387 g/mol. The molecule has 5 nitrogen and oxygen atoms in total. The molecular weight excluding hydrogens is 366 g/mol. The SMILES string of the molecule is O=C(OCCCn1c(=O)oc2ccccc21)C(c1ccccc1)c1ccccc1. The van der Waals surface area contributed by atoms with Gasteiger partial charge in [0.05, 0.1) is 12.1 Å². The standard InChI is InChI=1S/C24H21NO4/c26-23(22(18-10-3-1-4-11-18)19-12-5-2-6-13-19)28-17-9-16-25-20-14-7-8-15-21(20)29-24(25)27/h1-8,10-15,22H,9,16-17H2. The lowest BCUT2D eigenvalue weighted by molar-refractivity contribution is -0.144. The first-order valence-electron chi connectivity index (χ1n) is 9.59. The number of hydrogen-bond acceptors (Lipinski definition) is 4. The summed E-state index contributed by atoms with van der Waals surface area (Å²) in [5, 5.41) is 0. The highest BCUT2D eigenvalue weighted by molar-refractivity contribution is 5.82. The topological polar surface area (TPSA) is 61.4 Å². The van der Waals surface area contributed by atoms with Crippen molar-refractivity contribution in [1.29, 1.82) is 0 Å². The molecule has 1 aromatic heterocycles. The monoisotopic (exact) mass is 387 g/mol. The maximum absolute atomic E-state index is 12.9. The quantitative estimate of drug-likeness (QED) is 0.349. The van der Waals surface area contributed by atoms with Crippen LogP contribution in [0.5, 0.6) is 0 Å². The van der Waals surface area contributed by atoms with E-state index >= 15 is 0 Å². The largest absolute Gasteiger partial charge is 0.465 e. The number of carbonyl (C=O) groups excluding carboxylic acids is 1. The van der Waals surface area contributed by atoms with Gasteiger partial charge in [-0.3, -0.25) is 9.36 Å². The summed E-state index contributed by atoms with van der Waals surface area (Å²) in [5.41, 5.74) is 3.08. The number of aromatic nitrogens is 1. The van der Waals surface area contributed by atoms with Gasteiger partial charge in [-0.2, -0.15) is 0 Å². The van der Waals surface area contributed by atoms with Gasteiger partial charge in [-0.05, 0) is 29.7 Å². The Labute approximate surface area is 168 Å². The van der Waals surface area contributed by atoms with Crippen molar-refractivity contribution in [2.75, 3.05) is 6.61 Å². The van der Waals surface area contributed by atoms with Crippen molar-refractivity contribution < 1.29 is 13.9 Å². The normalized spacial score (nSPS) is 11.1. The number of nitrogens with zero attached hydrogens (tertiary/aromatic N) is 1. The van der Waals surface area contributed by atoms with Gasteiger partial charge in [0.25, 0.3) is 0 Å². The summed E-state index contributed by atoms with van der Waals surface area (Å²) in [4.78, 5) is 24.9. The third-order valence-electron chi connectivity index (χ3n) is 4.85. The predicted molar refractivity (Wildman–Crippen MR) is 111 cm³/mol. The molecule has 4 rings (SSSR count). The van der Waals surface area contributed by atoms with Gasteiger partial charge in [0, 0.05) is 6.54 Å². The summed E-state index contributed by atoms with van der Waals surface area (Å²) in [6.07, 6.45) is 0.519. The number of ether oxygens (including phenoxy) is 1. The summed E-state index contributed by atoms with van der Waals surface area (Å²) < 4.78 is 12.4. The number of fused-ring (bicyclic) bond motifs is 1. The molecule has 4 aromatic rings. The predicted octanol–water partition coefficient (Wildman–Crippen LogP) is 4.36. The molecule has 0 saturated heterocycles. The molecule has 5 heteroatoms. The Hall–Kier alpha value is -3.60. The van der Waals surface area contributed by atoms with E-state index in [1.54, 1.807) is 10.6 Å². The van der Waals surface area contributed by atoms with Crippen LogP contribution in [0.3, 0.4) is 0 Å². The molecule has 1 heterocycles. The van der Waals surface area contributed by atoms with Crippen molar-refractivity contribution in [2.24, 2.45) is 0 Å². The smallest absolute Gasteiger partial charge is 0.419 e. The van der Waals surface area contributed by atoms with Gasteiger partial charge in [-0.1, -0.05) is 72.8 Å². The minimum atomic E-state index is -0.477. The third kappa shape index (κ3) is 4.14. The second-order valence-electron chi connectivity index (χ2n) is 6.76. The van der Waals surface area contributed by atoms with Crippen LogP contribution >= 0.6 is 0 Å². The second-order valence-corrected chi connectivity index (χ2v) is 6.76. The maximum Gasteiger partial charge on any atom is 0.419 e. The highest BCUT2D eigenvalue weighted by Crippen LogP contribution is 2.26. The first-order chi connectivity index (χ1) is 14.2. The molecule has 0 saturated carbocycles. The average Bonchev–Trinajstić information content (AvgIpc) is 3.08. The lowest BCUT2D eigenvalue weighted by Gasteiger charge is -2.17. The van der Waals surface area contributed by atoms with Crippen LogP contribution in [0.15, 0.2) is 94.1 Å². The van der Waals surface area contributed by atoms with E-state index in [2.05, 4.69) is 0 Å². The molecule has 0 radical (unpaired) electrons. The molecule has 0 fully saturated rings. The summed E-state index contributed by atoms with van der Waals surface area (Å²) >= 11 is 0. The van der Waals surface area contributed by atoms with Gasteiger partial charge in [0.1, 0.15) is 5.92 Å². The Morgan fingerprint density at radius 2 is 1.45 bits per heavy atom. The van der Waals surface area contributed by atoms with Gasteiger partial charge in [0.2, 0.25) is 0 Å². The number of aryl methyl sites for hydroxylation is 1. The minimum Gasteiger partial charge on any atom is -0.465 e. The zero-order valence-corrected chi connectivity index (χ0v) is 15.9. The number of hydrogen-bond donors (Lipinski definition) is 0. The van der Waals surface area contributed by atoms with Crippen LogP contribution in [0.25, 0.3) is 11.1 Å². The fourth-order valence-electron chi connectivity index (χ4n) is 3.46. The number of benzene rings is 3. The molecule has 0 amide bonds. The van der Waals surface area contributed by atoms with Crippen LogP contribution in [0, 0.1) is 0 Å². The third-order valence-corrected chi connectivity index (χ3v) is 4.85. The van der Waals surface area contributed by atoms with Crippen LogP contribution in [0.2, 0.25) is 0 Å². The molecule has 0 aliphatic rings. The van der Waals surface area contributed by atoms with Gasteiger partial charge in [-0.25, -0.2) is 4.79 Å². The van der Waals surface area contributed by atoms with Crippen molar-refractivity contribution in [3.63, 3.8) is 0 Å². The Kier molecular flexibility index (Phi) is 5.56. The van der Waals surface area contributed by atoms with Crippen LogP contribution in [-0.2, 0) is 16.1 Å². The van der Waals surface area contributed by atoms with E-state index in [1.165, 1.54) is 0 Å².